The fraction of sp³-hybridized carbons (Fsp3) is 0.308. The van der Waals surface area contributed by atoms with E-state index in [1.807, 2.05) is 0 Å². The minimum atomic E-state index is -0.425. The highest BCUT2D eigenvalue weighted by Gasteiger charge is 2.07. The van der Waals surface area contributed by atoms with Crippen molar-refractivity contribution in [3.8, 4) is 0 Å². The number of Topliss-reactive ketones (excluding diaryl/α,β-unsaturated/α-hetero) is 1. The maximum atomic E-state index is 11.3. The topological polar surface area (TPSA) is 72.5 Å². The van der Waals surface area contributed by atoms with E-state index in [0.29, 0.717) is 17.7 Å². The Balaban J connectivity index is 2.49. The van der Waals surface area contributed by atoms with Crippen LogP contribution in [-0.4, -0.2) is 18.2 Å². The van der Waals surface area contributed by atoms with Crippen LogP contribution in [0.15, 0.2) is 24.3 Å². The lowest BCUT2D eigenvalue weighted by Gasteiger charge is -2.08. The zero-order valence-electron chi connectivity index (χ0n) is 10.1. The molecule has 0 fully saturated rings. The van der Waals surface area contributed by atoms with Gasteiger partial charge in [0, 0.05) is 17.7 Å². The molecule has 1 aromatic carbocycles. The third-order valence-corrected chi connectivity index (χ3v) is 2.30. The molecule has 0 saturated carbocycles. The lowest BCUT2D eigenvalue weighted by atomic mass is 10.2. The van der Waals surface area contributed by atoms with Gasteiger partial charge in [0.25, 0.3) is 0 Å². The Morgan fingerprint density at radius 1 is 1.28 bits per heavy atom. The predicted octanol–water partition coefficient (Wildman–Crippen LogP) is 1.67. The molecule has 1 N–H and O–H groups in total. The number of rotatable bonds is 7. The molecule has 0 radical (unpaired) electrons. The molecule has 0 aliphatic carbocycles. The summed E-state index contributed by atoms with van der Waals surface area (Å²) in [5, 5.41) is 2.52. The summed E-state index contributed by atoms with van der Waals surface area (Å²) < 4.78 is 5.02. The third kappa shape index (κ3) is 4.78. The minimum Gasteiger partial charge on any atom is -0.461 e. The molecule has 0 unspecified atom stereocenters. The molecule has 0 spiro atoms. The van der Waals surface area contributed by atoms with Gasteiger partial charge in [-0.3, -0.25) is 9.59 Å². The van der Waals surface area contributed by atoms with Crippen LogP contribution in [0, 0.1) is 0 Å². The minimum absolute atomic E-state index is 0.0463. The van der Waals surface area contributed by atoms with Crippen LogP contribution in [0.25, 0.3) is 0 Å². The normalized spacial score (nSPS) is 9.61. The maximum absolute atomic E-state index is 11.3. The Kier molecular flexibility index (Phi) is 5.57. The monoisotopic (exact) mass is 249 g/mol. The van der Waals surface area contributed by atoms with Crippen molar-refractivity contribution in [3.63, 3.8) is 0 Å². The molecule has 1 aromatic rings. The largest absolute Gasteiger partial charge is 0.461 e. The van der Waals surface area contributed by atoms with Gasteiger partial charge < -0.3 is 14.8 Å². The average Bonchev–Trinajstić information content (AvgIpc) is 2.35. The van der Waals surface area contributed by atoms with Gasteiger partial charge in [-0.05, 0) is 13.0 Å². The van der Waals surface area contributed by atoms with Crippen molar-refractivity contribution in [1.29, 1.82) is 0 Å². The highest BCUT2D eigenvalue weighted by atomic mass is 16.5. The smallest absolute Gasteiger partial charge is 0.306 e. The van der Waals surface area contributed by atoms with Crippen LogP contribution in [0.2, 0.25) is 0 Å². The van der Waals surface area contributed by atoms with Gasteiger partial charge in [0.1, 0.15) is 12.4 Å². The van der Waals surface area contributed by atoms with Crippen LogP contribution in [0.5, 0.6) is 0 Å². The number of ketones is 1. The van der Waals surface area contributed by atoms with Crippen molar-refractivity contribution in [2.24, 2.45) is 0 Å². The van der Waals surface area contributed by atoms with E-state index in [2.05, 4.69) is 5.32 Å². The fourth-order valence-corrected chi connectivity index (χ4v) is 1.36. The molecule has 5 heteroatoms. The summed E-state index contributed by atoms with van der Waals surface area (Å²) in [7, 11) is 0. The molecule has 0 aliphatic rings. The van der Waals surface area contributed by atoms with Gasteiger partial charge in [0.15, 0.2) is 0 Å². The van der Waals surface area contributed by atoms with Crippen molar-refractivity contribution < 1.29 is 19.1 Å². The first-order valence-electron chi connectivity index (χ1n) is 5.56. The van der Waals surface area contributed by atoms with Crippen LogP contribution in [-0.2, 0) is 25.7 Å². The molecule has 0 saturated heterocycles. The van der Waals surface area contributed by atoms with Gasteiger partial charge in [-0.15, -0.1) is 0 Å². The van der Waals surface area contributed by atoms with Gasteiger partial charge in [-0.2, -0.15) is 0 Å². The van der Waals surface area contributed by atoms with E-state index in [9.17, 15) is 14.4 Å². The molecule has 18 heavy (non-hydrogen) atoms. The van der Waals surface area contributed by atoms with Crippen molar-refractivity contribution in [2.45, 2.75) is 26.4 Å². The molecular formula is C13H15NO4. The number of carbonyl (C=O) groups is 3. The molecule has 96 valence electrons. The van der Waals surface area contributed by atoms with Gasteiger partial charge >= 0.3 is 5.97 Å². The number of hydrogen-bond donors (Lipinski definition) is 1. The van der Waals surface area contributed by atoms with E-state index in [1.54, 1.807) is 24.3 Å². The van der Waals surface area contributed by atoms with Crippen LogP contribution in [0.1, 0.15) is 25.3 Å². The van der Waals surface area contributed by atoms with Crippen LogP contribution in [0.4, 0.5) is 5.69 Å². The Morgan fingerprint density at radius 2 is 2.00 bits per heavy atom. The summed E-state index contributed by atoms with van der Waals surface area (Å²) in [6, 6.07) is 7.03. The molecule has 0 atom stereocenters. The average molecular weight is 249 g/mol. The second-order valence-electron chi connectivity index (χ2n) is 3.78. The second kappa shape index (κ2) is 7.21. The molecule has 1 amide bonds. The summed E-state index contributed by atoms with van der Waals surface area (Å²) >= 11 is 0. The van der Waals surface area contributed by atoms with Gasteiger partial charge in [0.2, 0.25) is 6.41 Å². The summed E-state index contributed by atoms with van der Waals surface area (Å²) in [6.07, 6.45) is 0.835. The van der Waals surface area contributed by atoms with E-state index >= 15 is 0 Å². The highest BCUT2D eigenvalue weighted by Crippen LogP contribution is 2.15. The van der Waals surface area contributed by atoms with Crippen LogP contribution in [0.3, 0.4) is 0 Å². The maximum Gasteiger partial charge on any atom is 0.306 e. The first-order chi connectivity index (χ1) is 8.63. The number of esters is 1. The standard InChI is InChI=1S/C13H15NO4/c1-10(16)6-7-13(17)18-8-11-4-2-3-5-12(11)14-9-15/h2-5,9H,6-8H2,1H3,(H,14,15). The lowest BCUT2D eigenvalue weighted by molar-refractivity contribution is -0.145. The number of amides is 1. The summed E-state index contributed by atoms with van der Waals surface area (Å²) in [6.45, 7) is 1.50. The lowest BCUT2D eigenvalue weighted by Crippen LogP contribution is -2.08. The van der Waals surface area contributed by atoms with Crippen molar-refractivity contribution >= 4 is 23.9 Å². The Bertz CT molecular complexity index is 442. The first-order valence-corrected chi connectivity index (χ1v) is 5.56. The molecule has 0 bridgehead atoms. The Morgan fingerprint density at radius 3 is 2.67 bits per heavy atom. The Labute approximate surface area is 105 Å². The van der Waals surface area contributed by atoms with E-state index in [4.69, 9.17) is 4.74 Å². The summed E-state index contributed by atoms with van der Waals surface area (Å²) in [4.78, 5) is 32.4. The molecule has 0 heterocycles. The van der Waals surface area contributed by atoms with E-state index in [-0.39, 0.29) is 25.2 Å². The van der Waals surface area contributed by atoms with Crippen molar-refractivity contribution in [3.05, 3.63) is 29.8 Å². The van der Waals surface area contributed by atoms with E-state index in [0.717, 1.165) is 0 Å². The van der Waals surface area contributed by atoms with Gasteiger partial charge in [-0.25, -0.2) is 0 Å². The summed E-state index contributed by atoms with van der Waals surface area (Å²) in [5.41, 5.74) is 1.31. The SMILES string of the molecule is CC(=O)CCC(=O)OCc1ccccc1NC=O. The highest BCUT2D eigenvalue weighted by molar-refractivity contribution is 5.81. The van der Waals surface area contributed by atoms with E-state index in [1.165, 1.54) is 6.92 Å². The third-order valence-electron chi connectivity index (χ3n) is 2.30. The van der Waals surface area contributed by atoms with Crippen LogP contribution < -0.4 is 5.32 Å². The van der Waals surface area contributed by atoms with Gasteiger partial charge in [-0.1, -0.05) is 18.2 Å². The zero-order chi connectivity index (χ0) is 13.4. The molecule has 0 aliphatic heterocycles. The van der Waals surface area contributed by atoms with Gasteiger partial charge in [0.05, 0.1) is 6.42 Å². The fourth-order valence-electron chi connectivity index (χ4n) is 1.36. The van der Waals surface area contributed by atoms with E-state index < -0.39 is 5.97 Å². The first kappa shape index (κ1) is 13.9. The number of benzene rings is 1. The molecule has 1 rings (SSSR count). The number of hydrogen-bond acceptors (Lipinski definition) is 4. The number of para-hydroxylation sites is 1. The number of nitrogens with one attached hydrogen (secondary N) is 1. The number of carbonyl (C=O) groups excluding carboxylic acids is 3. The Hall–Kier alpha value is -2.17. The predicted molar refractivity (Wildman–Crippen MR) is 65.8 cm³/mol. The zero-order valence-corrected chi connectivity index (χ0v) is 10.1. The molecule has 0 aromatic heterocycles. The molecule has 5 nitrogen and oxygen atoms in total. The number of anilines is 1. The quantitative estimate of drug-likeness (QED) is 0.589. The second-order valence-corrected chi connectivity index (χ2v) is 3.78. The molecular weight excluding hydrogens is 234 g/mol. The van der Waals surface area contributed by atoms with Crippen LogP contribution >= 0.6 is 0 Å². The number of ether oxygens (including phenoxy) is 1. The summed E-state index contributed by atoms with van der Waals surface area (Å²) in [5.74, 6) is -0.471. The van der Waals surface area contributed by atoms with Crippen molar-refractivity contribution in [1.82, 2.24) is 0 Å². The van der Waals surface area contributed by atoms with Crippen molar-refractivity contribution in [2.75, 3.05) is 5.32 Å².